The van der Waals surface area contributed by atoms with Gasteiger partial charge in [-0.25, -0.2) is 4.90 Å². The van der Waals surface area contributed by atoms with Crippen LogP contribution in [0.4, 0.5) is 0 Å². The van der Waals surface area contributed by atoms with Crippen molar-refractivity contribution in [2.75, 3.05) is 7.05 Å². The third kappa shape index (κ3) is 4.64. The molecule has 0 bridgehead atoms. The summed E-state index contributed by atoms with van der Waals surface area (Å²) in [5, 5.41) is 0. The number of rotatable bonds is 6. The number of allylic oxidation sites excluding steroid dienone is 9. The molecule has 4 amide bonds. The number of carbonyl (C=O) groups excluding carboxylic acids is 5. The quantitative estimate of drug-likeness (QED) is 0.204. The third-order valence-electron chi connectivity index (χ3n) is 9.01. The van der Waals surface area contributed by atoms with Gasteiger partial charge in [0.25, 0.3) is 23.6 Å². The molecule has 2 heterocycles. The molecule has 1 atom stereocenters. The van der Waals surface area contributed by atoms with Gasteiger partial charge in [0.05, 0.1) is 22.3 Å². The van der Waals surface area contributed by atoms with Crippen molar-refractivity contribution in [2.45, 2.75) is 48.0 Å². The molecule has 0 saturated heterocycles. The standard InChI is InChI=1S/C37H36N2O5/c1-8-12-24(37(6)21-36(4,5)29(9-2)30(37)10-3)13-11-18-39-34(43)26-17-15-23(20-28(26)35(39)44)31(40)22-14-16-25-27(19-22)33(42)38(7)32(25)41/h8-20H,21H2,1-7H3/b12-8-,18-11+,24-13+,29-9+,30-10+. The molecule has 2 aromatic carbocycles. The molecule has 0 radical (unpaired) electrons. The van der Waals surface area contributed by atoms with Crippen LogP contribution in [-0.4, -0.2) is 46.3 Å². The third-order valence-corrected chi connectivity index (χ3v) is 9.01. The van der Waals surface area contributed by atoms with E-state index in [1.807, 2.05) is 19.1 Å². The Bertz CT molecular complexity index is 1820. The summed E-state index contributed by atoms with van der Waals surface area (Å²) in [6.45, 7) is 12.8. The van der Waals surface area contributed by atoms with Gasteiger partial charge >= 0.3 is 0 Å². The molecule has 7 nitrogen and oxygen atoms in total. The van der Waals surface area contributed by atoms with Crippen LogP contribution in [0.25, 0.3) is 0 Å². The van der Waals surface area contributed by atoms with E-state index in [0.717, 1.165) is 21.8 Å². The van der Waals surface area contributed by atoms with E-state index in [9.17, 15) is 24.0 Å². The molecule has 2 aliphatic heterocycles. The van der Waals surface area contributed by atoms with Crippen molar-refractivity contribution in [2.24, 2.45) is 10.8 Å². The van der Waals surface area contributed by atoms with Gasteiger partial charge in [0.2, 0.25) is 0 Å². The van der Waals surface area contributed by atoms with Crippen LogP contribution in [-0.2, 0) is 0 Å². The second-order valence-electron chi connectivity index (χ2n) is 12.3. The Morgan fingerprint density at radius 1 is 0.750 bits per heavy atom. The first-order chi connectivity index (χ1) is 20.8. The van der Waals surface area contributed by atoms with Crippen molar-refractivity contribution in [3.05, 3.63) is 129 Å². The highest BCUT2D eigenvalue weighted by molar-refractivity contribution is 6.24. The monoisotopic (exact) mass is 588 g/mol. The van der Waals surface area contributed by atoms with Crippen molar-refractivity contribution in [3.8, 4) is 0 Å². The Kier molecular flexibility index (Phi) is 7.62. The molecule has 1 unspecified atom stereocenters. The number of hydrogen-bond donors (Lipinski definition) is 0. The average Bonchev–Trinajstić information content (AvgIpc) is 3.47. The number of carbonyl (C=O) groups is 5. The number of amides is 4. The lowest BCUT2D eigenvalue weighted by molar-refractivity contribution is 0.0686. The Morgan fingerprint density at radius 2 is 1.27 bits per heavy atom. The van der Waals surface area contributed by atoms with Crippen LogP contribution in [0.1, 0.15) is 105 Å². The molecule has 0 N–H and O–H groups in total. The fraction of sp³-hybridized carbons (Fsp3) is 0.270. The van der Waals surface area contributed by atoms with E-state index in [0.29, 0.717) is 0 Å². The fourth-order valence-corrected chi connectivity index (χ4v) is 7.05. The summed E-state index contributed by atoms with van der Waals surface area (Å²) in [6, 6.07) is 8.73. The minimum Gasteiger partial charge on any atom is -0.289 e. The van der Waals surface area contributed by atoms with Crippen molar-refractivity contribution in [1.82, 2.24) is 9.80 Å². The van der Waals surface area contributed by atoms with Crippen LogP contribution >= 0.6 is 0 Å². The molecule has 5 rings (SSSR count). The maximum atomic E-state index is 13.4. The highest BCUT2D eigenvalue weighted by atomic mass is 16.2. The molecular weight excluding hydrogens is 552 g/mol. The van der Waals surface area contributed by atoms with Crippen LogP contribution < -0.4 is 0 Å². The zero-order valence-electron chi connectivity index (χ0n) is 26.1. The number of imide groups is 2. The van der Waals surface area contributed by atoms with E-state index in [1.54, 1.807) is 6.08 Å². The maximum absolute atomic E-state index is 13.4. The van der Waals surface area contributed by atoms with Crippen LogP contribution in [0.5, 0.6) is 0 Å². The van der Waals surface area contributed by atoms with Gasteiger partial charge in [-0.1, -0.05) is 63.3 Å². The molecule has 1 fully saturated rings. The zero-order valence-corrected chi connectivity index (χ0v) is 26.1. The highest BCUT2D eigenvalue weighted by Gasteiger charge is 2.48. The summed E-state index contributed by atoms with van der Waals surface area (Å²) < 4.78 is 0. The van der Waals surface area contributed by atoms with Crippen LogP contribution in [0, 0.1) is 10.8 Å². The molecule has 2 aromatic rings. The summed E-state index contributed by atoms with van der Waals surface area (Å²) in [6.07, 6.45) is 14.5. The molecular formula is C37H36N2O5. The molecule has 0 spiro atoms. The van der Waals surface area contributed by atoms with Gasteiger partial charge in [0, 0.05) is 29.8 Å². The fourth-order valence-electron chi connectivity index (χ4n) is 7.05. The minimum absolute atomic E-state index is 0.00347. The lowest BCUT2D eigenvalue weighted by atomic mass is 9.75. The van der Waals surface area contributed by atoms with Crippen molar-refractivity contribution in [3.63, 3.8) is 0 Å². The second kappa shape index (κ2) is 11.0. The van der Waals surface area contributed by atoms with Gasteiger partial charge in [0.1, 0.15) is 0 Å². The van der Waals surface area contributed by atoms with Crippen LogP contribution in [0.3, 0.4) is 0 Å². The van der Waals surface area contributed by atoms with Gasteiger partial charge in [0.15, 0.2) is 5.78 Å². The highest BCUT2D eigenvalue weighted by Crippen LogP contribution is 2.59. The van der Waals surface area contributed by atoms with Gasteiger partial charge in [-0.2, -0.15) is 0 Å². The number of ketones is 1. The Hall–Kier alpha value is -4.91. The van der Waals surface area contributed by atoms with Crippen molar-refractivity contribution < 1.29 is 24.0 Å². The largest absolute Gasteiger partial charge is 0.289 e. The topological polar surface area (TPSA) is 91.8 Å². The summed E-state index contributed by atoms with van der Waals surface area (Å²) in [4.78, 5) is 66.6. The zero-order chi connectivity index (χ0) is 32.1. The van der Waals surface area contributed by atoms with E-state index in [4.69, 9.17) is 0 Å². The SMILES string of the molecule is C\C=C/C(=C\C=C\N1C(=O)c2ccc(C(=O)c3ccc4c(c3)C(=O)N(C)C4=O)cc2C1=O)C1(C)CC(C)(C)C(=C/C)/C1=C\C. The Balaban J connectivity index is 1.42. The maximum Gasteiger partial charge on any atom is 0.265 e. The molecule has 0 aromatic heterocycles. The van der Waals surface area contributed by atoms with Crippen LogP contribution in [0.2, 0.25) is 0 Å². The average molecular weight is 589 g/mol. The molecule has 44 heavy (non-hydrogen) atoms. The summed E-state index contributed by atoms with van der Waals surface area (Å²) in [5.74, 6) is -2.31. The van der Waals surface area contributed by atoms with Gasteiger partial charge < -0.3 is 0 Å². The van der Waals surface area contributed by atoms with Crippen molar-refractivity contribution >= 4 is 29.4 Å². The second-order valence-corrected chi connectivity index (χ2v) is 12.3. The Labute approximate surface area is 257 Å². The van der Waals surface area contributed by atoms with Crippen molar-refractivity contribution in [1.29, 1.82) is 0 Å². The minimum atomic E-state index is -0.521. The normalized spacial score (nSPS) is 23.3. The van der Waals surface area contributed by atoms with E-state index in [2.05, 4.69) is 52.8 Å². The van der Waals surface area contributed by atoms with Gasteiger partial charge in [-0.05, 0) is 79.7 Å². The lowest BCUT2D eigenvalue weighted by Crippen LogP contribution is -2.24. The number of benzene rings is 2. The smallest absolute Gasteiger partial charge is 0.265 e. The predicted molar refractivity (Wildman–Crippen MR) is 169 cm³/mol. The van der Waals surface area contributed by atoms with Gasteiger partial charge in [-0.15, -0.1) is 0 Å². The van der Waals surface area contributed by atoms with Gasteiger partial charge in [-0.3, -0.25) is 28.9 Å². The molecule has 224 valence electrons. The van der Waals surface area contributed by atoms with E-state index >= 15 is 0 Å². The Morgan fingerprint density at radius 3 is 1.84 bits per heavy atom. The predicted octanol–water partition coefficient (Wildman–Crippen LogP) is 7.08. The summed E-state index contributed by atoms with van der Waals surface area (Å²) in [7, 11) is 1.39. The van der Waals surface area contributed by atoms with Crippen LogP contribution in [0.15, 0.2) is 95.8 Å². The van der Waals surface area contributed by atoms with E-state index in [1.165, 1.54) is 60.8 Å². The number of hydrogen-bond acceptors (Lipinski definition) is 5. The molecule has 3 aliphatic rings. The van der Waals surface area contributed by atoms with E-state index < -0.39 is 29.4 Å². The number of nitrogens with zero attached hydrogens (tertiary/aromatic N) is 2. The number of fused-ring (bicyclic) bond motifs is 2. The summed E-state index contributed by atoms with van der Waals surface area (Å²) >= 11 is 0. The molecule has 1 aliphatic carbocycles. The first-order valence-corrected chi connectivity index (χ1v) is 14.7. The lowest BCUT2D eigenvalue weighted by Gasteiger charge is -2.29. The molecule has 1 saturated carbocycles. The van der Waals surface area contributed by atoms with E-state index in [-0.39, 0.29) is 44.2 Å². The first kappa shape index (κ1) is 30.5. The molecule has 7 heteroatoms. The first-order valence-electron chi connectivity index (χ1n) is 14.7. The summed E-state index contributed by atoms with van der Waals surface area (Å²) in [5.41, 5.74) is 4.56.